The van der Waals surface area contributed by atoms with Crippen LogP contribution in [0.2, 0.25) is 0 Å². The quantitative estimate of drug-likeness (QED) is 0.733. The number of nitrogens with zero attached hydrogens (tertiary/aromatic N) is 1. The van der Waals surface area contributed by atoms with E-state index in [2.05, 4.69) is 26.2 Å². The molecule has 5 heteroatoms. The third kappa shape index (κ3) is 3.49. The number of oxazole rings is 1. The molecule has 3 aromatic rings. The summed E-state index contributed by atoms with van der Waals surface area (Å²) < 4.78 is 19.6. The van der Waals surface area contributed by atoms with E-state index in [0.717, 1.165) is 15.7 Å². The largest absolute Gasteiger partial charge is 0.439 e. The number of hydrogen-bond donors (Lipinski definition) is 1. The molecule has 21 heavy (non-hydrogen) atoms. The van der Waals surface area contributed by atoms with Crippen LogP contribution < -0.4 is 5.32 Å². The Morgan fingerprint density at radius 3 is 2.48 bits per heavy atom. The van der Waals surface area contributed by atoms with Crippen molar-refractivity contribution in [1.82, 2.24) is 4.98 Å². The van der Waals surface area contributed by atoms with E-state index in [9.17, 15) is 4.39 Å². The number of benzene rings is 2. The molecule has 106 valence electrons. The molecular formula is C16H12BrFN2O. The highest BCUT2D eigenvalue weighted by Crippen LogP contribution is 2.21. The van der Waals surface area contributed by atoms with E-state index < -0.39 is 0 Å². The van der Waals surface area contributed by atoms with Gasteiger partial charge in [-0.2, -0.15) is 0 Å². The molecule has 2 aromatic carbocycles. The zero-order valence-corrected chi connectivity index (χ0v) is 12.6. The first-order chi connectivity index (χ1) is 10.2. The molecule has 1 N–H and O–H groups in total. The third-order valence-corrected chi connectivity index (χ3v) is 3.50. The SMILES string of the molecule is Fc1ccc(-c2cnc(CNc3ccc(Br)cc3)o2)cc1. The van der Waals surface area contributed by atoms with Crippen LogP contribution in [0.3, 0.4) is 0 Å². The lowest BCUT2D eigenvalue weighted by atomic mass is 10.2. The fraction of sp³-hybridized carbons (Fsp3) is 0.0625. The minimum Gasteiger partial charge on any atom is -0.439 e. The summed E-state index contributed by atoms with van der Waals surface area (Å²) in [6, 6.07) is 14.0. The Bertz CT molecular complexity index is 723. The van der Waals surface area contributed by atoms with Crippen molar-refractivity contribution in [1.29, 1.82) is 0 Å². The van der Waals surface area contributed by atoms with Gasteiger partial charge in [0, 0.05) is 15.7 Å². The molecule has 0 unspecified atom stereocenters. The topological polar surface area (TPSA) is 38.1 Å². The molecular weight excluding hydrogens is 335 g/mol. The van der Waals surface area contributed by atoms with Gasteiger partial charge in [-0.15, -0.1) is 0 Å². The first-order valence-electron chi connectivity index (χ1n) is 6.41. The second-order valence-electron chi connectivity index (χ2n) is 4.49. The zero-order chi connectivity index (χ0) is 14.7. The fourth-order valence-corrected chi connectivity index (χ4v) is 2.15. The van der Waals surface area contributed by atoms with E-state index >= 15 is 0 Å². The maximum absolute atomic E-state index is 12.9. The Labute approximate surface area is 130 Å². The van der Waals surface area contributed by atoms with E-state index in [1.54, 1.807) is 18.3 Å². The molecule has 0 amide bonds. The average molecular weight is 347 g/mol. The van der Waals surface area contributed by atoms with Crippen molar-refractivity contribution in [3.8, 4) is 11.3 Å². The number of rotatable bonds is 4. The third-order valence-electron chi connectivity index (χ3n) is 2.97. The van der Waals surface area contributed by atoms with Crippen molar-refractivity contribution in [2.45, 2.75) is 6.54 Å². The Hall–Kier alpha value is -2.14. The number of nitrogens with one attached hydrogen (secondary N) is 1. The molecule has 3 nitrogen and oxygen atoms in total. The Morgan fingerprint density at radius 2 is 1.76 bits per heavy atom. The van der Waals surface area contributed by atoms with Gasteiger partial charge >= 0.3 is 0 Å². The van der Waals surface area contributed by atoms with Crippen LogP contribution in [0, 0.1) is 5.82 Å². The van der Waals surface area contributed by atoms with Gasteiger partial charge < -0.3 is 9.73 Å². The summed E-state index contributed by atoms with van der Waals surface area (Å²) in [7, 11) is 0. The van der Waals surface area contributed by atoms with Crippen LogP contribution in [-0.2, 0) is 6.54 Å². The molecule has 1 aromatic heterocycles. The molecule has 0 aliphatic heterocycles. The van der Waals surface area contributed by atoms with Crippen LogP contribution in [0.1, 0.15) is 5.89 Å². The maximum atomic E-state index is 12.9. The molecule has 0 aliphatic rings. The highest BCUT2D eigenvalue weighted by molar-refractivity contribution is 9.10. The normalized spacial score (nSPS) is 10.6. The number of hydrogen-bond acceptors (Lipinski definition) is 3. The summed E-state index contributed by atoms with van der Waals surface area (Å²) >= 11 is 3.39. The lowest BCUT2D eigenvalue weighted by Gasteiger charge is -2.03. The average Bonchev–Trinajstić information content (AvgIpc) is 2.96. The minimum atomic E-state index is -0.268. The smallest absolute Gasteiger partial charge is 0.214 e. The van der Waals surface area contributed by atoms with E-state index in [1.165, 1.54) is 12.1 Å². The van der Waals surface area contributed by atoms with Gasteiger partial charge in [-0.05, 0) is 48.5 Å². The van der Waals surface area contributed by atoms with Crippen molar-refractivity contribution in [2.75, 3.05) is 5.32 Å². The van der Waals surface area contributed by atoms with E-state index in [0.29, 0.717) is 18.2 Å². The summed E-state index contributed by atoms with van der Waals surface area (Å²) in [6.07, 6.45) is 1.64. The molecule has 0 bridgehead atoms. The van der Waals surface area contributed by atoms with Crippen LogP contribution in [0.5, 0.6) is 0 Å². The van der Waals surface area contributed by atoms with Crippen molar-refractivity contribution in [3.05, 3.63) is 70.9 Å². The molecule has 0 fully saturated rings. The van der Waals surface area contributed by atoms with Crippen molar-refractivity contribution < 1.29 is 8.81 Å². The minimum absolute atomic E-state index is 0.268. The van der Waals surface area contributed by atoms with E-state index in [-0.39, 0.29) is 5.82 Å². The van der Waals surface area contributed by atoms with Gasteiger partial charge in [0.1, 0.15) is 5.82 Å². The van der Waals surface area contributed by atoms with Crippen molar-refractivity contribution in [3.63, 3.8) is 0 Å². The highest BCUT2D eigenvalue weighted by Gasteiger charge is 2.06. The van der Waals surface area contributed by atoms with Crippen LogP contribution in [0.25, 0.3) is 11.3 Å². The lowest BCUT2D eigenvalue weighted by molar-refractivity contribution is 0.516. The number of halogens is 2. The zero-order valence-electron chi connectivity index (χ0n) is 11.0. The van der Waals surface area contributed by atoms with Gasteiger partial charge in [0.2, 0.25) is 5.89 Å². The van der Waals surface area contributed by atoms with Gasteiger partial charge in [-0.25, -0.2) is 9.37 Å². The lowest BCUT2D eigenvalue weighted by Crippen LogP contribution is -1.98. The molecule has 0 atom stereocenters. The first-order valence-corrected chi connectivity index (χ1v) is 7.20. The molecule has 3 rings (SSSR count). The molecule has 0 spiro atoms. The van der Waals surface area contributed by atoms with E-state index in [4.69, 9.17) is 4.42 Å². The number of aromatic nitrogens is 1. The van der Waals surface area contributed by atoms with Crippen LogP contribution in [0.4, 0.5) is 10.1 Å². The summed E-state index contributed by atoms with van der Waals surface area (Å²) in [5, 5.41) is 3.22. The van der Waals surface area contributed by atoms with Crippen LogP contribution in [0.15, 0.2) is 63.6 Å². The van der Waals surface area contributed by atoms with Gasteiger partial charge in [0.05, 0.1) is 12.7 Å². The van der Waals surface area contributed by atoms with Gasteiger partial charge in [0.15, 0.2) is 5.76 Å². The van der Waals surface area contributed by atoms with Crippen molar-refractivity contribution >= 4 is 21.6 Å². The Morgan fingerprint density at radius 1 is 1.05 bits per heavy atom. The highest BCUT2D eigenvalue weighted by atomic mass is 79.9. The van der Waals surface area contributed by atoms with Gasteiger partial charge in [0.25, 0.3) is 0 Å². The summed E-state index contributed by atoms with van der Waals surface area (Å²) in [5.41, 5.74) is 1.79. The number of anilines is 1. The Balaban J connectivity index is 1.67. The second-order valence-corrected chi connectivity index (χ2v) is 5.40. The first kappa shape index (κ1) is 13.8. The van der Waals surface area contributed by atoms with Crippen LogP contribution in [-0.4, -0.2) is 4.98 Å². The van der Waals surface area contributed by atoms with Gasteiger partial charge in [-0.1, -0.05) is 15.9 Å². The molecule has 0 saturated heterocycles. The molecule has 1 heterocycles. The van der Waals surface area contributed by atoms with E-state index in [1.807, 2.05) is 24.3 Å². The molecule has 0 saturated carbocycles. The second kappa shape index (κ2) is 6.10. The van der Waals surface area contributed by atoms with Gasteiger partial charge in [-0.3, -0.25) is 0 Å². The predicted octanol–water partition coefficient (Wildman–Crippen LogP) is 4.86. The molecule has 0 aliphatic carbocycles. The summed E-state index contributed by atoms with van der Waals surface area (Å²) in [6.45, 7) is 0.489. The maximum Gasteiger partial charge on any atom is 0.214 e. The van der Waals surface area contributed by atoms with Crippen molar-refractivity contribution in [2.24, 2.45) is 0 Å². The fourth-order valence-electron chi connectivity index (χ4n) is 1.89. The predicted molar refractivity (Wildman–Crippen MR) is 83.4 cm³/mol. The molecule has 0 radical (unpaired) electrons. The summed E-state index contributed by atoms with van der Waals surface area (Å²) in [4.78, 5) is 4.22. The standard InChI is InChI=1S/C16H12BrFN2O/c17-12-3-7-14(8-4-12)19-10-16-20-9-15(21-16)11-1-5-13(18)6-2-11/h1-9,19H,10H2. The summed E-state index contributed by atoms with van der Waals surface area (Å²) in [5.74, 6) is 0.940. The van der Waals surface area contributed by atoms with Crippen LogP contribution >= 0.6 is 15.9 Å². The Kier molecular flexibility index (Phi) is 4.01. The monoisotopic (exact) mass is 346 g/mol.